The largest absolute Gasteiger partial charge is 0.405 e. The predicted octanol–water partition coefficient (Wildman–Crippen LogP) is 2.72. The van der Waals surface area contributed by atoms with Crippen molar-refractivity contribution in [1.29, 1.82) is 0 Å². The molecule has 28 heavy (non-hydrogen) atoms. The molecule has 0 spiro atoms. The van der Waals surface area contributed by atoms with Gasteiger partial charge in [-0.15, -0.1) is 0 Å². The number of carbonyl (C=O) groups is 1. The molecule has 5 heteroatoms. The molecule has 2 aromatic rings. The third-order valence-electron chi connectivity index (χ3n) is 5.38. The van der Waals surface area contributed by atoms with Crippen LogP contribution in [0.2, 0.25) is 5.04 Å². The number of nitrogens with one attached hydrogen (secondary N) is 1. The smallest absolute Gasteiger partial charge is 0.261 e. The molecule has 2 aromatic carbocycles. The third-order valence-corrected chi connectivity index (χ3v) is 10.4. The van der Waals surface area contributed by atoms with Crippen molar-refractivity contribution in [1.82, 2.24) is 5.32 Å². The molecule has 0 bridgehead atoms. The zero-order valence-corrected chi connectivity index (χ0v) is 18.1. The minimum atomic E-state index is -2.49. The quantitative estimate of drug-likeness (QED) is 0.550. The second-order valence-electron chi connectivity index (χ2n) is 8.46. The van der Waals surface area contributed by atoms with E-state index in [1.54, 1.807) is 0 Å². The maximum Gasteiger partial charge on any atom is 0.261 e. The first-order valence-corrected chi connectivity index (χ1v) is 11.9. The van der Waals surface area contributed by atoms with Gasteiger partial charge in [0, 0.05) is 18.9 Å². The van der Waals surface area contributed by atoms with Crippen LogP contribution in [0.5, 0.6) is 0 Å². The lowest BCUT2D eigenvalue weighted by Crippen LogP contribution is -2.66. The van der Waals surface area contributed by atoms with Crippen LogP contribution in [-0.4, -0.2) is 40.6 Å². The molecule has 1 fully saturated rings. The van der Waals surface area contributed by atoms with Crippen LogP contribution in [0.25, 0.3) is 0 Å². The minimum Gasteiger partial charge on any atom is -0.405 e. The molecular formula is C23H31NO3Si. The molecule has 1 N–H and O–H groups in total. The monoisotopic (exact) mass is 397 g/mol. The second kappa shape index (κ2) is 9.03. The van der Waals surface area contributed by atoms with Gasteiger partial charge < -0.3 is 14.5 Å². The van der Waals surface area contributed by atoms with Crippen molar-refractivity contribution in [3.63, 3.8) is 0 Å². The standard InChI is InChI=1S/C23H31NO3Si/c1-23(2,3)28(20-10-6-4-7-11-20,21-12-8-5-9-13-21)27-15-14-26-18-19-16-22(25)24-17-19/h4-13,19H,14-18H2,1-3H3,(H,24,25). The van der Waals surface area contributed by atoms with Gasteiger partial charge in [-0.1, -0.05) is 81.4 Å². The average Bonchev–Trinajstić information content (AvgIpc) is 3.10. The van der Waals surface area contributed by atoms with Crippen LogP contribution < -0.4 is 15.7 Å². The Hall–Kier alpha value is -1.95. The van der Waals surface area contributed by atoms with Gasteiger partial charge in [0.05, 0.1) is 19.8 Å². The highest BCUT2D eigenvalue weighted by molar-refractivity contribution is 6.99. The van der Waals surface area contributed by atoms with Gasteiger partial charge in [-0.3, -0.25) is 4.79 Å². The molecule has 1 aliphatic heterocycles. The Morgan fingerprint density at radius 1 is 0.964 bits per heavy atom. The SMILES string of the molecule is CC(C)(C)[Si](OCCOCC1CNC(=O)C1)(c1ccccc1)c1ccccc1. The number of benzene rings is 2. The summed E-state index contributed by atoms with van der Waals surface area (Å²) in [6, 6.07) is 21.3. The first-order chi connectivity index (χ1) is 13.4. The Balaban J connectivity index is 1.76. The molecule has 0 aromatic heterocycles. The van der Waals surface area contributed by atoms with Gasteiger partial charge in [0.1, 0.15) is 0 Å². The van der Waals surface area contributed by atoms with Crippen LogP contribution >= 0.6 is 0 Å². The summed E-state index contributed by atoms with van der Waals surface area (Å²) >= 11 is 0. The number of amides is 1. The topological polar surface area (TPSA) is 47.6 Å². The van der Waals surface area contributed by atoms with Gasteiger partial charge in [-0.25, -0.2) is 0 Å². The summed E-state index contributed by atoms with van der Waals surface area (Å²) in [5.41, 5.74) is 0. The lowest BCUT2D eigenvalue weighted by molar-refractivity contribution is -0.119. The molecule has 3 rings (SSSR count). The molecule has 0 radical (unpaired) electrons. The third kappa shape index (κ3) is 4.54. The van der Waals surface area contributed by atoms with Gasteiger partial charge in [-0.2, -0.15) is 0 Å². The summed E-state index contributed by atoms with van der Waals surface area (Å²) in [4.78, 5) is 11.3. The lowest BCUT2D eigenvalue weighted by Gasteiger charge is -2.43. The zero-order chi connectivity index (χ0) is 20.0. The first kappa shape index (κ1) is 20.8. The Kier molecular flexibility index (Phi) is 6.70. The summed E-state index contributed by atoms with van der Waals surface area (Å²) in [5, 5.41) is 5.38. The van der Waals surface area contributed by atoms with E-state index in [2.05, 4.69) is 86.8 Å². The van der Waals surface area contributed by atoms with E-state index in [-0.39, 0.29) is 16.9 Å². The normalized spacial score (nSPS) is 17.5. The summed E-state index contributed by atoms with van der Waals surface area (Å²) in [5.74, 6) is 0.400. The highest BCUT2D eigenvalue weighted by Gasteiger charge is 2.49. The van der Waals surface area contributed by atoms with E-state index < -0.39 is 8.32 Å². The van der Waals surface area contributed by atoms with Crippen LogP contribution in [0.1, 0.15) is 27.2 Å². The van der Waals surface area contributed by atoms with E-state index in [1.165, 1.54) is 10.4 Å². The lowest BCUT2D eigenvalue weighted by atomic mass is 10.1. The van der Waals surface area contributed by atoms with Gasteiger partial charge in [0.2, 0.25) is 5.91 Å². The van der Waals surface area contributed by atoms with E-state index >= 15 is 0 Å². The van der Waals surface area contributed by atoms with Crippen molar-refractivity contribution in [3.05, 3.63) is 60.7 Å². The van der Waals surface area contributed by atoms with Crippen molar-refractivity contribution >= 4 is 24.6 Å². The molecule has 1 aliphatic rings. The Labute approximate surface area is 169 Å². The highest BCUT2D eigenvalue weighted by Crippen LogP contribution is 2.36. The summed E-state index contributed by atoms with van der Waals surface area (Å²) < 4.78 is 12.6. The van der Waals surface area contributed by atoms with Gasteiger partial charge >= 0.3 is 0 Å². The number of ether oxygens (including phenoxy) is 1. The fourth-order valence-electron chi connectivity index (χ4n) is 4.05. The molecule has 1 heterocycles. The van der Waals surface area contributed by atoms with E-state index in [0.29, 0.717) is 32.8 Å². The molecule has 4 nitrogen and oxygen atoms in total. The van der Waals surface area contributed by atoms with Crippen molar-refractivity contribution in [2.45, 2.75) is 32.2 Å². The highest BCUT2D eigenvalue weighted by atomic mass is 28.4. The number of hydrogen-bond acceptors (Lipinski definition) is 3. The van der Waals surface area contributed by atoms with Crippen molar-refractivity contribution in [3.8, 4) is 0 Å². The van der Waals surface area contributed by atoms with Crippen LogP contribution in [0, 0.1) is 5.92 Å². The van der Waals surface area contributed by atoms with Crippen molar-refractivity contribution < 1.29 is 14.0 Å². The molecule has 1 atom stereocenters. The Morgan fingerprint density at radius 3 is 2.00 bits per heavy atom. The van der Waals surface area contributed by atoms with Crippen LogP contribution in [0.15, 0.2) is 60.7 Å². The number of rotatable bonds is 8. The Morgan fingerprint density at radius 2 is 1.54 bits per heavy atom. The maximum absolute atomic E-state index is 11.3. The molecule has 0 saturated carbocycles. The maximum atomic E-state index is 11.3. The van der Waals surface area contributed by atoms with E-state index in [9.17, 15) is 4.79 Å². The fourth-order valence-corrected chi connectivity index (χ4v) is 8.59. The fraction of sp³-hybridized carbons (Fsp3) is 0.435. The summed E-state index contributed by atoms with van der Waals surface area (Å²) in [6.45, 7) is 9.22. The summed E-state index contributed by atoms with van der Waals surface area (Å²) in [7, 11) is -2.49. The summed E-state index contributed by atoms with van der Waals surface area (Å²) in [6.07, 6.45) is 0.565. The van der Waals surface area contributed by atoms with Gasteiger partial charge in [0.25, 0.3) is 8.32 Å². The van der Waals surface area contributed by atoms with Crippen LogP contribution in [-0.2, 0) is 14.0 Å². The zero-order valence-electron chi connectivity index (χ0n) is 17.1. The first-order valence-electron chi connectivity index (χ1n) is 10.0. The van der Waals surface area contributed by atoms with E-state index in [0.717, 1.165) is 0 Å². The number of hydrogen-bond donors (Lipinski definition) is 1. The van der Waals surface area contributed by atoms with Crippen LogP contribution in [0.4, 0.5) is 0 Å². The van der Waals surface area contributed by atoms with E-state index in [4.69, 9.17) is 9.16 Å². The predicted molar refractivity (Wildman–Crippen MR) is 116 cm³/mol. The Bertz CT molecular complexity index is 719. The molecule has 0 aliphatic carbocycles. The average molecular weight is 398 g/mol. The minimum absolute atomic E-state index is 0.0303. The van der Waals surface area contributed by atoms with Gasteiger partial charge in [0.15, 0.2) is 0 Å². The van der Waals surface area contributed by atoms with Crippen molar-refractivity contribution in [2.75, 3.05) is 26.4 Å². The second-order valence-corrected chi connectivity index (χ2v) is 12.8. The van der Waals surface area contributed by atoms with Gasteiger partial charge in [-0.05, 0) is 15.4 Å². The molecule has 1 amide bonds. The van der Waals surface area contributed by atoms with E-state index in [1.807, 2.05) is 0 Å². The molecule has 1 unspecified atom stereocenters. The van der Waals surface area contributed by atoms with Crippen LogP contribution in [0.3, 0.4) is 0 Å². The molecule has 1 saturated heterocycles. The molecular weight excluding hydrogens is 366 g/mol. The number of carbonyl (C=O) groups excluding carboxylic acids is 1. The van der Waals surface area contributed by atoms with Crippen molar-refractivity contribution in [2.24, 2.45) is 5.92 Å². The molecule has 150 valence electrons.